The van der Waals surface area contributed by atoms with Gasteiger partial charge in [-0.05, 0) is 30.3 Å². The number of benzene rings is 1. The van der Waals surface area contributed by atoms with Crippen LogP contribution in [-0.4, -0.2) is 14.6 Å². The van der Waals surface area contributed by atoms with Gasteiger partial charge in [-0.1, -0.05) is 29.3 Å². The summed E-state index contributed by atoms with van der Waals surface area (Å²) in [4.78, 5) is 4.13. The zero-order valence-electron chi connectivity index (χ0n) is 8.64. The van der Waals surface area contributed by atoms with E-state index in [1.54, 1.807) is 16.6 Å². The highest BCUT2D eigenvalue weighted by atomic mass is 35.5. The van der Waals surface area contributed by atoms with E-state index in [0.717, 1.165) is 16.9 Å². The number of pyridine rings is 1. The molecule has 0 saturated carbocycles. The number of nitrogens with zero attached hydrogens (tertiary/aromatic N) is 3. The van der Waals surface area contributed by atoms with Crippen LogP contribution in [0, 0.1) is 0 Å². The van der Waals surface area contributed by atoms with Gasteiger partial charge in [0.1, 0.15) is 6.33 Å². The van der Waals surface area contributed by atoms with Gasteiger partial charge >= 0.3 is 0 Å². The topological polar surface area (TPSA) is 30.2 Å². The second-order valence-electron chi connectivity index (χ2n) is 3.57. The molecule has 2 heterocycles. The van der Waals surface area contributed by atoms with E-state index in [1.165, 1.54) is 6.33 Å². The third kappa shape index (κ3) is 1.77. The smallest absolute Gasteiger partial charge is 0.155 e. The van der Waals surface area contributed by atoms with Gasteiger partial charge in [0.15, 0.2) is 5.65 Å². The van der Waals surface area contributed by atoms with Crippen molar-refractivity contribution in [2.75, 3.05) is 0 Å². The summed E-state index contributed by atoms with van der Waals surface area (Å²) in [6, 6.07) is 11.1. The Labute approximate surface area is 108 Å². The molecular weight excluding hydrogens is 257 g/mol. The van der Waals surface area contributed by atoms with E-state index >= 15 is 0 Å². The molecular formula is C12H7Cl2N3. The van der Waals surface area contributed by atoms with Crippen molar-refractivity contribution in [3.63, 3.8) is 0 Å². The molecule has 3 nitrogen and oxygen atoms in total. The van der Waals surface area contributed by atoms with E-state index in [9.17, 15) is 0 Å². The van der Waals surface area contributed by atoms with Crippen molar-refractivity contribution < 1.29 is 0 Å². The summed E-state index contributed by atoms with van der Waals surface area (Å²) >= 11 is 12.1. The van der Waals surface area contributed by atoms with Gasteiger partial charge in [0.2, 0.25) is 0 Å². The predicted molar refractivity (Wildman–Crippen MR) is 68.4 cm³/mol. The van der Waals surface area contributed by atoms with Crippen molar-refractivity contribution in [2.45, 2.75) is 0 Å². The Bertz CT molecular complexity index is 691. The molecule has 1 aromatic carbocycles. The summed E-state index contributed by atoms with van der Waals surface area (Å²) in [5.74, 6) is 0. The molecule has 0 saturated heterocycles. The fraction of sp³-hybridized carbons (Fsp3) is 0. The second kappa shape index (κ2) is 4.02. The van der Waals surface area contributed by atoms with Crippen LogP contribution in [-0.2, 0) is 0 Å². The van der Waals surface area contributed by atoms with Crippen LogP contribution < -0.4 is 0 Å². The van der Waals surface area contributed by atoms with Crippen molar-refractivity contribution in [2.24, 2.45) is 0 Å². The molecule has 0 N–H and O–H groups in total. The molecule has 0 aliphatic heterocycles. The highest BCUT2D eigenvalue weighted by molar-refractivity contribution is 6.36. The molecule has 0 radical (unpaired) electrons. The molecule has 0 bridgehead atoms. The monoisotopic (exact) mass is 263 g/mol. The molecule has 84 valence electrons. The van der Waals surface area contributed by atoms with E-state index in [4.69, 9.17) is 23.2 Å². The number of aromatic nitrogens is 3. The zero-order valence-corrected chi connectivity index (χ0v) is 10.2. The molecule has 3 rings (SSSR count). The van der Waals surface area contributed by atoms with Crippen LogP contribution >= 0.6 is 23.2 Å². The van der Waals surface area contributed by atoms with Crippen LogP contribution in [0.2, 0.25) is 10.0 Å². The largest absolute Gasteiger partial charge is 0.215 e. The van der Waals surface area contributed by atoms with E-state index < -0.39 is 0 Å². The maximum Gasteiger partial charge on any atom is 0.155 e. The summed E-state index contributed by atoms with van der Waals surface area (Å²) in [5.41, 5.74) is 2.56. The molecule has 3 aromatic rings. The Morgan fingerprint density at radius 1 is 1.06 bits per heavy atom. The van der Waals surface area contributed by atoms with Crippen LogP contribution in [0.5, 0.6) is 0 Å². The maximum atomic E-state index is 6.19. The summed E-state index contributed by atoms with van der Waals surface area (Å²) in [6.45, 7) is 0. The lowest BCUT2D eigenvalue weighted by molar-refractivity contribution is 0.969. The lowest BCUT2D eigenvalue weighted by Crippen LogP contribution is -1.93. The van der Waals surface area contributed by atoms with Crippen LogP contribution in [0.3, 0.4) is 0 Å². The van der Waals surface area contributed by atoms with Gasteiger partial charge in [-0.2, -0.15) is 5.10 Å². The Hall–Kier alpha value is -1.58. The van der Waals surface area contributed by atoms with Crippen molar-refractivity contribution >= 4 is 28.8 Å². The van der Waals surface area contributed by atoms with Crippen molar-refractivity contribution in [3.05, 3.63) is 52.8 Å². The summed E-state index contributed by atoms with van der Waals surface area (Å²) < 4.78 is 1.75. The first-order valence-corrected chi connectivity index (χ1v) is 5.75. The molecule has 17 heavy (non-hydrogen) atoms. The molecule has 0 fully saturated rings. The Morgan fingerprint density at radius 2 is 1.94 bits per heavy atom. The Morgan fingerprint density at radius 3 is 2.76 bits per heavy atom. The fourth-order valence-corrected chi connectivity index (χ4v) is 2.25. The average molecular weight is 264 g/mol. The molecule has 0 atom stereocenters. The SMILES string of the molecule is Clc1ccc(-c2cccc3ncnn23)c(Cl)c1. The van der Waals surface area contributed by atoms with Gasteiger partial charge in [0.25, 0.3) is 0 Å². The molecule has 0 spiro atoms. The predicted octanol–water partition coefficient (Wildman–Crippen LogP) is 3.70. The molecule has 0 aliphatic rings. The second-order valence-corrected chi connectivity index (χ2v) is 4.41. The number of hydrogen-bond donors (Lipinski definition) is 0. The zero-order chi connectivity index (χ0) is 11.8. The van der Waals surface area contributed by atoms with E-state index in [2.05, 4.69) is 10.1 Å². The van der Waals surface area contributed by atoms with Crippen LogP contribution in [0.25, 0.3) is 16.9 Å². The standard InChI is InChI=1S/C12H7Cl2N3/c13-8-4-5-9(10(14)6-8)11-2-1-3-12-15-7-16-17(11)12/h1-7H. The van der Waals surface area contributed by atoms with Gasteiger partial charge in [0, 0.05) is 10.6 Å². The molecule has 0 aliphatic carbocycles. The summed E-state index contributed by atoms with van der Waals surface area (Å²) in [6.07, 6.45) is 1.52. The van der Waals surface area contributed by atoms with Crippen LogP contribution in [0.15, 0.2) is 42.7 Å². The average Bonchev–Trinajstić information content (AvgIpc) is 2.77. The normalized spacial score (nSPS) is 10.9. The first kappa shape index (κ1) is 10.6. The first-order chi connectivity index (χ1) is 8.25. The number of fused-ring (bicyclic) bond motifs is 1. The highest BCUT2D eigenvalue weighted by Crippen LogP contribution is 2.30. The van der Waals surface area contributed by atoms with Crippen molar-refractivity contribution in [3.8, 4) is 11.3 Å². The van der Waals surface area contributed by atoms with Gasteiger partial charge in [-0.15, -0.1) is 0 Å². The molecule has 0 amide bonds. The Kier molecular flexibility index (Phi) is 2.50. The molecule has 5 heteroatoms. The third-order valence-corrected chi connectivity index (χ3v) is 3.06. The van der Waals surface area contributed by atoms with Gasteiger partial charge in [-0.25, -0.2) is 9.50 Å². The fourth-order valence-electron chi connectivity index (χ4n) is 1.75. The van der Waals surface area contributed by atoms with Gasteiger partial charge in [0.05, 0.1) is 10.7 Å². The quantitative estimate of drug-likeness (QED) is 0.670. The van der Waals surface area contributed by atoms with E-state index in [0.29, 0.717) is 10.0 Å². The van der Waals surface area contributed by atoms with Gasteiger partial charge in [-0.3, -0.25) is 0 Å². The van der Waals surface area contributed by atoms with E-state index in [1.807, 2.05) is 24.3 Å². The maximum absolute atomic E-state index is 6.19. The molecule has 0 unspecified atom stereocenters. The van der Waals surface area contributed by atoms with Crippen molar-refractivity contribution in [1.29, 1.82) is 0 Å². The summed E-state index contributed by atoms with van der Waals surface area (Å²) in [7, 11) is 0. The summed E-state index contributed by atoms with van der Waals surface area (Å²) in [5, 5.41) is 5.39. The number of rotatable bonds is 1. The van der Waals surface area contributed by atoms with Crippen molar-refractivity contribution in [1.82, 2.24) is 14.6 Å². The first-order valence-electron chi connectivity index (χ1n) is 5.00. The Balaban J connectivity index is 2.30. The molecule has 2 aromatic heterocycles. The lowest BCUT2D eigenvalue weighted by atomic mass is 10.1. The minimum absolute atomic E-state index is 0.598. The minimum Gasteiger partial charge on any atom is -0.215 e. The lowest BCUT2D eigenvalue weighted by Gasteiger charge is -2.06. The third-order valence-electron chi connectivity index (χ3n) is 2.51. The van der Waals surface area contributed by atoms with Crippen LogP contribution in [0.4, 0.5) is 0 Å². The highest BCUT2D eigenvalue weighted by Gasteiger charge is 2.08. The minimum atomic E-state index is 0.598. The van der Waals surface area contributed by atoms with E-state index in [-0.39, 0.29) is 0 Å². The van der Waals surface area contributed by atoms with Crippen LogP contribution in [0.1, 0.15) is 0 Å². The number of hydrogen-bond acceptors (Lipinski definition) is 2. The number of halogens is 2. The van der Waals surface area contributed by atoms with Gasteiger partial charge < -0.3 is 0 Å².